The second-order valence-electron chi connectivity index (χ2n) is 7.95. The summed E-state index contributed by atoms with van der Waals surface area (Å²) < 4.78 is 4.59. The lowest BCUT2D eigenvalue weighted by molar-refractivity contribution is -0.696. The lowest BCUT2D eigenvalue weighted by Gasteiger charge is -2.03. The van der Waals surface area contributed by atoms with E-state index in [4.69, 9.17) is 0 Å². The first kappa shape index (κ1) is 21.0. The molecule has 0 spiro atoms. The van der Waals surface area contributed by atoms with Gasteiger partial charge in [-0.1, -0.05) is 96.1 Å². The summed E-state index contributed by atoms with van der Waals surface area (Å²) in [6.07, 6.45) is 34.2. The summed E-state index contributed by atoms with van der Waals surface area (Å²) in [4.78, 5) is 0. The summed E-state index contributed by atoms with van der Waals surface area (Å²) in [6, 6.07) is 0. The molecule has 1 aliphatic carbocycles. The third kappa shape index (κ3) is 8.87. The predicted octanol–water partition coefficient (Wildman–Crippen LogP) is 7.06. The van der Waals surface area contributed by atoms with E-state index in [1.54, 1.807) is 0 Å². The maximum absolute atomic E-state index is 2.33. The van der Waals surface area contributed by atoms with Crippen LogP contribution in [0.4, 0.5) is 0 Å². The van der Waals surface area contributed by atoms with Crippen LogP contribution in [-0.2, 0) is 6.54 Å². The summed E-state index contributed by atoms with van der Waals surface area (Å²) in [5.74, 6) is 0. The van der Waals surface area contributed by atoms with Crippen molar-refractivity contribution in [2.75, 3.05) is 0 Å². The smallest absolute Gasteiger partial charge is 0.236 e. The van der Waals surface area contributed by atoms with Gasteiger partial charge in [0.1, 0.15) is 18.1 Å². The fourth-order valence-electron chi connectivity index (χ4n) is 3.81. The third-order valence-corrected chi connectivity index (χ3v) is 5.54. The van der Waals surface area contributed by atoms with Gasteiger partial charge in [-0.3, -0.25) is 0 Å². The van der Waals surface area contributed by atoms with Gasteiger partial charge in [0.25, 0.3) is 0 Å². The van der Waals surface area contributed by atoms with Crippen molar-refractivity contribution in [3.8, 4) is 0 Å². The molecule has 2 nitrogen and oxygen atoms in total. The predicted molar refractivity (Wildman–Crippen MR) is 113 cm³/mol. The van der Waals surface area contributed by atoms with Gasteiger partial charge in [-0.2, -0.15) is 0 Å². The molecule has 1 heterocycles. The van der Waals surface area contributed by atoms with Gasteiger partial charge in [-0.05, 0) is 18.9 Å². The first-order chi connectivity index (χ1) is 12.9. The summed E-state index contributed by atoms with van der Waals surface area (Å²) in [5.41, 5.74) is 1.38. The molecule has 0 aromatic carbocycles. The van der Waals surface area contributed by atoms with Crippen molar-refractivity contribution in [1.29, 1.82) is 0 Å². The lowest BCUT2D eigenvalue weighted by atomic mass is 10.0. The summed E-state index contributed by atoms with van der Waals surface area (Å²) in [5, 5.41) is 0. The maximum atomic E-state index is 2.33. The van der Waals surface area contributed by atoms with Crippen LogP contribution in [-0.4, -0.2) is 4.57 Å². The maximum Gasteiger partial charge on any atom is 0.248 e. The van der Waals surface area contributed by atoms with Crippen LogP contribution < -0.4 is 4.57 Å². The highest BCUT2D eigenvalue weighted by Gasteiger charge is 2.09. The number of nitrogens with zero attached hydrogens (tertiary/aromatic N) is 2. The van der Waals surface area contributed by atoms with E-state index >= 15 is 0 Å². The van der Waals surface area contributed by atoms with E-state index < -0.39 is 0 Å². The molecular weight excluding hydrogens is 316 g/mol. The topological polar surface area (TPSA) is 8.81 Å². The van der Waals surface area contributed by atoms with Crippen LogP contribution >= 0.6 is 0 Å². The Bertz CT molecular complexity index is 524. The molecule has 146 valence electrons. The molecule has 0 amide bonds. The van der Waals surface area contributed by atoms with E-state index in [0.29, 0.717) is 0 Å². The Morgan fingerprint density at radius 3 is 1.92 bits per heavy atom. The second kappa shape index (κ2) is 13.8. The Balaban J connectivity index is 1.35. The number of aromatic nitrogens is 2. The van der Waals surface area contributed by atoms with Crippen molar-refractivity contribution in [1.82, 2.24) is 4.57 Å². The minimum atomic E-state index is 1.06. The normalized spacial score (nSPS) is 13.5. The van der Waals surface area contributed by atoms with Crippen LogP contribution in [0.25, 0.3) is 5.70 Å². The van der Waals surface area contributed by atoms with Crippen LogP contribution in [0, 0.1) is 0 Å². The van der Waals surface area contributed by atoms with Crippen molar-refractivity contribution < 1.29 is 4.57 Å². The van der Waals surface area contributed by atoms with Gasteiger partial charge in [-0.25, -0.2) is 9.13 Å². The highest BCUT2D eigenvalue weighted by Crippen LogP contribution is 2.15. The summed E-state index contributed by atoms with van der Waals surface area (Å²) >= 11 is 0. The van der Waals surface area contributed by atoms with E-state index in [-0.39, 0.29) is 0 Å². The molecule has 1 aliphatic rings. The molecular formula is C24H41N2+. The van der Waals surface area contributed by atoms with Crippen LogP contribution in [0.15, 0.2) is 36.9 Å². The zero-order valence-corrected chi connectivity index (χ0v) is 17.2. The average Bonchev–Trinajstić information content (AvgIpc) is 3.33. The van der Waals surface area contributed by atoms with E-state index in [1.165, 1.54) is 95.6 Å². The largest absolute Gasteiger partial charge is 0.248 e. The van der Waals surface area contributed by atoms with Gasteiger partial charge < -0.3 is 0 Å². The number of allylic oxidation sites excluding steroid dienone is 4. The molecule has 2 heteroatoms. The van der Waals surface area contributed by atoms with Gasteiger partial charge in [-0.15, -0.1) is 0 Å². The van der Waals surface area contributed by atoms with E-state index in [9.17, 15) is 0 Å². The van der Waals surface area contributed by atoms with E-state index in [1.807, 2.05) is 0 Å². The highest BCUT2D eigenvalue weighted by atomic mass is 15.1. The minimum Gasteiger partial charge on any atom is -0.236 e. The van der Waals surface area contributed by atoms with Crippen molar-refractivity contribution in [3.63, 3.8) is 0 Å². The minimum absolute atomic E-state index is 1.06. The van der Waals surface area contributed by atoms with Gasteiger partial charge in [0, 0.05) is 6.42 Å². The standard InChI is InChI=1S/C24H41N2/c1-2-3-4-5-6-7-8-9-10-11-12-13-14-17-20-25-21-22-26(23-25)24-18-15-16-19-24/h15-16,18,21-23H,2-14,17,19-20H2,1H3/q+1. The molecule has 0 bridgehead atoms. The van der Waals surface area contributed by atoms with Gasteiger partial charge in [0.05, 0.1) is 6.54 Å². The Morgan fingerprint density at radius 2 is 1.38 bits per heavy atom. The monoisotopic (exact) mass is 357 g/mol. The van der Waals surface area contributed by atoms with Crippen molar-refractivity contribution in [2.24, 2.45) is 0 Å². The van der Waals surface area contributed by atoms with Gasteiger partial charge in [0.15, 0.2) is 0 Å². The molecule has 0 saturated carbocycles. The summed E-state index contributed by atoms with van der Waals surface area (Å²) in [6.45, 7) is 3.45. The first-order valence-electron chi connectivity index (χ1n) is 11.3. The molecule has 0 atom stereocenters. The number of unbranched alkanes of at least 4 members (excludes halogenated alkanes) is 13. The summed E-state index contributed by atoms with van der Waals surface area (Å²) in [7, 11) is 0. The van der Waals surface area contributed by atoms with Crippen LogP contribution in [0.5, 0.6) is 0 Å². The SMILES string of the molecule is CCCCCCCCCCCCCCCC[n+]1ccn(C2=CC=CC2)c1. The number of imidazole rings is 1. The number of hydrogen-bond donors (Lipinski definition) is 0. The lowest BCUT2D eigenvalue weighted by Crippen LogP contribution is -2.30. The Kier molecular flexibility index (Phi) is 11.2. The molecule has 0 saturated heterocycles. The van der Waals surface area contributed by atoms with Crippen LogP contribution in [0.1, 0.15) is 103 Å². The molecule has 1 aromatic rings. The van der Waals surface area contributed by atoms with Gasteiger partial charge >= 0.3 is 0 Å². The van der Waals surface area contributed by atoms with Crippen LogP contribution in [0.3, 0.4) is 0 Å². The molecule has 2 rings (SSSR count). The first-order valence-corrected chi connectivity index (χ1v) is 11.3. The fourth-order valence-corrected chi connectivity index (χ4v) is 3.81. The molecule has 26 heavy (non-hydrogen) atoms. The highest BCUT2D eigenvalue weighted by molar-refractivity contribution is 5.53. The number of aryl methyl sites for hydroxylation is 1. The molecule has 0 unspecified atom stereocenters. The van der Waals surface area contributed by atoms with Crippen LogP contribution in [0.2, 0.25) is 0 Å². The quantitative estimate of drug-likeness (QED) is 0.221. The third-order valence-electron chi connectivity index (χ3n) is 5.54. The Morgan fingerprint density at radius 1 is 0.808 bits per heavy atom. The Hall–Kier alpha value is -1.31. The van der Waals surface area contributed by atoms with Crippen molar-refractivity contribution >= 4 is 5.70 Å². The zero-order chi connectivity index (χ0) is 18.3. The molecule has 1 aromatic heterocycles. The van der Waals surface area contributed by atoms with Crippen molar-refractivity contribution in [3.05, 3.63) is 36.9 Å². The number of rotatable bonds is 16. The fraction of sp³-hybridized carbons (Fsp3) is 0.708. The molecule has 0 N–H and O–H groups in total. The molecule has 0 fully saturated rings. The van der Waals surface area contributed by atoms with Crippen molar-refractivity contribution in [2.45, 2.75) is 110 Å². The van der Waals surface area contributed by atoms with Gasteiger partial charge in [0.2, 0.25) is 6.33 Å². The average molecular weight is 358 g/mol. The Labute approximate surface area is 162 Å². The van der Waals surface area contributed by atoms with E-state index in [0.717, 1.165) is 13.0 Å². The second-order valence-corrected chi connectivity index (χ2v) is 7.95. The molecule has 0 radical (unpaired) electrons. The zero-order valence-electron chi connectivity index (χ0n) is 17.2. The van der Waals surface area contributed by atoms with E-state index in [2.05, 4.69) is 53.0 Å². The number of hydrogen-bond acceptors (Lipinski definition) is 0. The molecule has 0 aliphatic heterocycles.